The van der Waals surface area contributed by atoms with E-state index in [0.29, 0.717) is 5.69 Å². The van der Waals surface area contributed by atoms with E-state index in [2.05, 4.69) is 15.6 Å². The van der Waals surface area contributed by atoms with Crippen LogP contribution >= 0.6 is 0 Å². The molecule has 7 nitrogen and oxygen atoms in total. The lowest BCUT2D eigenvalue weighted by Gasteiger charge is -2.06. The number of hydrazone groups is 1. The maximum absolute atomic E-state index is 11.3. The highest BCUT2D eigenvalue weighted by molar-refractivity contribution is 6.26. The number of hydrogen-bond acceptors (Lipinski definition) is 6. The van der Waals surface area contributed by atoms with E-state index in [-0.39, 0.29) is 23.0 Å². The maximum Gasteiger partial charge on any atom is 0.183 e. The van der Waals surface area contributed by atoms with Gasteiger partial charge in [-0.15, -0.1) is 0 Å². The fraction of sp³-hybridized carbons (Fsp3) is 0.333. The highest BCUT2D eigenvalue weighted by Gasteiger charge is 2.19. The number of nitrogens with one attached hydrogen (secondary N) is 1. The number of aromatic nitrogens is 2. The fourth-order valence-electron chi connectivity index (χ4n) is 2.12. The minimum atomic E-state index is -0.238. The summed E-state index contributed by atoms with van der Waals surface area (Å²) in [4.78, 5) is 21.4. The molecule has 2 aromatic rings. The molecule has 0 saturated carbocycles. The summed E-state index contributed by atoms with van der Waals surface area (Å²) in [6.07, 6.45) is 1.22. The molecule has 1 heterocycles. The summed E-state index contributed by atoms with van der Waals surface area (Å²) in [7, 11) is 3.36. The van der Waals surface area contributed by atoms with Crippen molar-refractivity contribution in [1.82, 2.24) is 15.2 Å². The average Bonchev–Trinajstić information content (AvgIpc) is 2.84. The first-order valence-corrected chi connectivity index (χ1v) is 7.73. The predicted molar refractivity (Wildman–Crippen MR) is 98.0 cm³/mol. The molecule has 0 amide bonds. The number of aromatic hydroxyl groups is 1. The van der Waals surface area contributed by atoms with Crippen molar-refractivity contribution in [3.8, 4) is 17.0 Å². The van der Waals surface area contributed by atoms with Crippen LogP contribution in [-0.4, -0.2) is 39.7 Å². The topological polar surface area (TPSA) is 96.6 Å². The van der Waals surface area contributed by atoms with Gasteiger partial charge >= 0.3 is 0 Å². The Morgan fingerprint density at radius 1 is 1.24 bits per heavy atom. The molecule has 0 unspecified atom stereocenters. The number of benzene rings is 1. The zero-order valence-electron chi connectivity index (χ0n) is 15.4. The molecular formula is C18H24N4O3. The molecule has 7 heteroatoms. The molecule has 25 heavy (non-hydrogen) atoms. The Balaban J connectivity index is 0.000000381. The lowest BCUT2D eigenvalue weighted by molar-refractivity contribution is -0.110. The van der Waals surface area contributed by atoms with Gasteiger partial charge in [0.2, 0.25) is 0 Å². The molecule has 134 valence electrons. The Hall–Kier alpha value is -2.96. The van der Waals surface area contributed by atoms with Gasteiger partial charge in [-0.2, -0.15) is 10.2 Å². The number of nitrogens with zero attached hydrogens (tertiary/aromatic N) is 3. The molecular weight excluding hydrogens is 320 g/mol. The van der Waals surface area contributed by atoms with Crippen molar-refractivity contribution in [1.29, 1.82) is 0 Å². The van der Waals surface area contributed by atoms with Gasteiger partial charge < -0.3 is 10.5 Å². The van der Waals surface area contributed by atoms with Crippen molar-refractivity contribution in [2.75, 3.05) is 7.05 Å². The number of ketones is 2. The van der Waals surface area contributed by atoms with E-state index in [0.717, 1.165) is 11.1 Å². The van der Waals surface area contributed by atoms with E-state index in [1.807, 2.05) is 32.0 Å². The highest BCUT2D eigenvalue weighted by atomic mass is 16.3. The monoisotopic (exact) mass is 344 g/mol. The summed E-state index contributed by atoms with van der Waals surface area (Å²) >= 11 is 0. The maximum atomic E-state index is 11.3. The molecule has 0 spiro atoms. The van der Waals surface area contributed by atoms with E-state index in [1.165, 1.54) is 30.3 Å². The van der Waals surface area contributed by atoms with Gasteiger partial charge in [-0.3, -0.25) is 14.3 Å². The molecule has 1 aromatic carbocycles. The normalized spacial score (nSPS) is 10.3. The van der Waals surface area contributed by atoms with E-state index >= 15 is 0 Å². The molecule has 0 radical (unpaired) electrons. The summed E-state index contributed by atoms with van der Waals surface area (Å²) in [6.45, 7) is 6.88. The van der Waals surface area contributed by atoms with Gasteiger partial charge in [0.05, 0.1) is 6.21 Å². The van der Waals surface area contributed by atoms with Gasteiger partial charge in [0.1, 0.15) is 5.69 Å². The summed E-state index contributed by atoms with van der Waals surface area (Å²) in [5, 5.41) is 17.6. The van der Waals surface area contributed by atoms with Crippen molar-refractivity contribution in [3.63, 3.8) is 0 Å². The molecule has 0 aliphatic rings. The molecule has 1 aromatic heterocycles. The zero-order valence-corrected chi connectivity index (χ0v) is 15.4. The third-order valence-electron chi connectivity index (χ3n) is 3.51. The van der Waals surface area contributed by atoms with Gasteiger partial charge in [0.25, 0.3) is 0 Å². The third kappa shape index (κ3) is 5.27. The lowest BCUT2D eigenvalue weighted by Crippen LogP contribution is -1.98. The Kier molecular flexibility index (Phi) is 7.05. The van der Waals surface area contributed by atoms with Crippen LogP contribution in [0.2, 0.25) is 0 Å². The number of Topliss-reactive ketones (excluding diaryl/α,β-unsaturated/α-hetero) is 2. The Morgan fingerprint density at radius 2 is 1.88 bits per heavy atom. The molecule has 0 fully saturated rings. The molecule has 0 aliphatic carbocycles. The second-order valence-corrected chi connectivity index (χ2v) is 5.62. The van der Waals surface area contributed by atoms with E-state index in [4.69, 9.17) is 0 Å². The standard InChI is InChI=1S/C14H16N2O2.C4H8N2O/c1-8-5-6-11(7-9(8)2)13-14(18)12(10(3)17)15-16(13)4;1-4(7)3-6-5-2/h5-7,18H,1-4H3;3,5H,1-2H3. The first kappa shape index (κ1) is 20.1. The SMILES string of the molecule is CC(=O)c1nn(C)c(-c2ccc(C)c(C)c2)c1O.CNN=CC(C)=O. The quantitative estimate of drug-likeness (QED) is 0.504. The second-order valence-electron chi connectivity index (χ2n) is 5.62. The van der Waals surface area contributed by atoms with Crippen LogP contribution in [0.1, 0.15) is 35.5 Å². The molecule has 2 N–H and O–H groups in total. The summed E-state index contributed by atoms with van der Waals surface area (Å²) < 4.78 is 1.54. The van der Waals surface area contributed by atoms with E-state index < -0.39 is 0 Å². The fourth-order valence-corrected chi connectivity index (χ4v) is 2.12. The van der Waals surface area contributed by atoms with Crippen LogP contribution in [0.4, 0.5) is 0 Å². The smallest absolute Gasteiger partial charge is 0.183 e. The number of hydrogen-bond donors (Lipinski definition) is 2. The van der Waals surface area contributed by atoms with Crippen LogP contribution in [0.15, 0.2) is 23.3 Å². The summed E-state index contributed by atoms with van der Waals surface area (Å²) in [5.74, 6) is -0.333. The van der Waals surface area contributed by atoms with Crippen molar-refractivity contribution >= 4 is 17.8 Å². The number of carbonyl (C=O) groups excluding carboxylic acids is 2. The Morgan fingerprint density at radius 3 is 2.28 bits per heavy atom. The molecule has 0 saturated heterocycles. The van der Waals surface area contributed by atoms with E-state index in [9.17, 15) is 14.7 Å². The lowest BCUT2D eigenvalue weighted by atomic mass is 10.0. The minimum Gasteiger partial charge on any atom is -0.504 e. The van der Waals surface area contributed by atoms with Gasteiger partial charge in [-0.25, -0.2) is 0 Å². The van der Waals surface area contributed by atoms with Crippen molar-refractivity contribution in [3.05, 3.63) is 35.0 Å². The predicted octanol–water partition coefficient (Wildman–Crippen LogP) is 2.39. The van der Waals surface area contributed by atoms with Gasteiger partial charge in [0.15, 0.2) is 23.0 Å². The molecule has 2 rings (SSSR count). The van der Waals surface area contributed by atoms with Crippen LogP contribution in [0.3, 0.4) is 0 Å². The van der Waals surface area contributed by atoms with Crippen molar-refractivity contribution < 1.29 is 14.7 Å². The zero-order chi connectivity index (χ0) is 19.1. The summed E-state index contributed by atoms with van der Waals surface area (Å²) in [5.41, 5.74) is 6.32. The van der Waals surface area contributed by atoms with Crippen LogP contribution in [0.25, 0.3) is 11.3 Å². The largest absolute Gasteiger partial charge is 0.504 e. The number of carbonyl (C=O) groups is 2. The van der Waals surface area contributed by atoms with Gasteiger partial charge in [0, 0.05) is 33.5 Å². The first-order valence-electron chi connectivity index (χ1n) is 7.73. The van der Waals surface area contributed by atoms with E-state index in [1.54, 1.807) is 14.1 Å². The first-order chi connectivity index (χ1) is 11.7. The van der Waals surface area contributed by atoms with Crippen LogP contribution in [0.5, 0.6) is 5.75 Å². The average molecular weight is 344 g/mol. The number of aryl methyl sites for hydroxylation is 3. The molecule has 0 bridgehead atoms. The highest BCUT2D eigenvalue weighted by Crippen LogP contribution is 2.32. The van der Waals surface area contributed by atoms with Gasteiger partial charge in [-0.05, 0) is 31.0 Å². The third-order valence-corrected chi connectivity index (χ3v) is 3.51. The van der Waals surface area contributed by atoms with Gasteiger partial charge in [-0.1, -0.05) is 12.1 Å². The second kappa shape index (κ2) is 8.77. The van der Waals surface area contributed by atoms with Crippen LogP contribution < -0.4 is 5.43 Å². The van der Waals surface area contributed by atoms with Crippen LogP contribution in [0, 0.1) is 13.8 Å². The number of rotatable bonds is 4. The minimum absolute atomic E-state index is 0.0469. The molecule has 0 atom stereocenters. The molecule has 0 aliphatic heterocycles. The summed E-state index contributed by atoms with van der Waals surface area (Å²) in [6, 6.07) is 5.89. The van der Waals surface area contributed by atoms with Crippen molar-refractivity contribution in [2.45, 2.75) is 27.7 Å². The van der Waals surface area contributed by atoms with Crippen molar-refractivity contribution in [2.24, 2.45) is 12.1 Å². The Bertz CT molecular complexity index is 807. The Labute approximate surface area is 147 Å². The van der Waals surface area contributed by atoms with Crippen LogP contribution in [-0.2, 0) is 11.8 Å².